The summed E-state index contributed by atoms with van der Waals surface area (Å²) in [5, 5.41) is 11.7. The van der Waals surface area contributed by atoms with Gasteiger partial charge in [0.15, 0.2) is 0 Å². The normalized spacial score (nSPS) is 10.8. The molecule has 0 spiro atoms. The molecule has 0 radical (unpaired) electrons. The van der Waals surface area contributed by atoms with Gasteiger partial charge >= 0.3 is 0 Å². The van der Waals surface area contributed by atoms with Gasteiger partial charge in [0.05, 0.1) is 17.6 Å². The zero-order chi connectivity index (χ0) is 12.4. The molecule has 88 valence electrons. The quantitative estimate of drug-likeness (QED) is 0.620. The molecule has 0 aliphatic carbocycles. The maximum absolute atomic E-state index is 7.26. The second-order valence-electron chi connectivity index (χ2n) is 4.16. The van der Waals surface area contributed by atoms with Crippen LogP contribution < -0.4 is 5.73 Å². The van der Waals surface area contributed by atoms with E-state index in [9.17, 15) is 0 Å². The van der Waals surface area contributed by atoms with E-state index >= 15 is 0 Å². The van der Waals surface area contributed by atoms with Crippen LogP contribution in [0.4, 0.5) is 0 Å². The van der Waals surface area contributed by atoms with E-state index in [1.54, 1.807) is 16.9 Å². The van der Waals surface area contributed by atoms with Crippen molar-refractivity contribution in [3.05, 3.63) is 42.0 Å². The van der Waals surface area contributed by atoms with E-state index in [1.807, 2.05) is 18.3 Å². The number of hydrogen-bond acceptors (Lipinski definition) is 3. The van der Waals surface area contributed by atoms with Crippen LogP contribution in [0, 0.1) is 5.41 Å². The Labute approximate surface area is 99.8 Å². The van der Waals surface area contributed by atoms with Crippen molar-refractivity contribution in [2.24, 2.45) is 5.73 Å². The van der Waals surface area contributed by atoms with Gasteiger partial charge in [0, 0.05) is 6.20 Å². The van der Waals surface area contributed by atoms with Gasteiger partial charge in [-0.2, -0.15) is 5.10 Å². The van der Waals surface area contributed by atoms with Gasteiger partial charge in [-0.25, -0.2) is 4.68 Å². The van der Waals surface area contributed by atoms with Crippen molar-refractivity contribution >= 4 is 5.84 Å². The highest BCUT2D eigenvalue weighted by Gasteiger charge is 2.05. The lowest BCUT2D eigenvalue weighted by Crippen LogP contribution is -2.13. The van der Waals surface area contributed by atoms with Crippen LogP contribution in [-0.4, -0.2) is 20.6 Å². The molecule has 5 nitrogen and oxygen atoms in total. The number of nitrogens with two attached hydrogens (primary N) is 1. The Kier molecular flexibility index (Phi) is 2.91. The summed E-state index contributed by atoms with van der Waals surface area (Å²) in [5.41, 5.74) is 7.73. The minimum atomic E-state index is -0.0279. The lowest BCUT2D eigenvalue weighted by Gasteiger charge is -2.03. The highest BCUT2D eigenvalue weighted by molar-refractivity contribution is 5.92. The molecule has 3 N–H and O–H groups in total. The average Bonchev–Trinajstić information content (AvgIpc) is 2.78. The summed E-state index contributed by atoms with van der Waals surface area (Å²) in [4.78, 5) is 4.10. The second kappa shape index (κ2) is 4.37. The molecule has 2 aromatic heterocycles. The van der Waals surface area contributed by atoms with Crippen LogP contribution in [-0.2, 0) is 0 Å². The Morgan fingerprint density at radius 3 is 2.59 bits per heavy atom. The van der Waals surface area contributed by atoms with Gasteiger partial charge in [0.25, 0.3) is 0 Å². The molecule has 5 heteroatoms. The van der Waals surface area contributed by atoms with Crippen molar-refractivity contribution in [1.82, 2.24) is 14.8 Å². The van der Waals surface area contributed by atoms with Crippen molar-refractivity contribution in [1.29, 1.82) is 5.41 Å². The molecule has 2 rings (SSSR count). The first-order valence-electron chi connectivity index (χ1n) is 5.44. The van der Waals surface area contributed by atoms with Crippen LogP contribution >= 0.6 is 0 Å². The highest BCUT2D eigenvalue weighted by Crippen LogP contribution is 2.13. The molecule has 0 atom stereocenters. The van der Waals surface area contributed by atoms with Gasteiger partial charge in [-0.3, -0.25) is 10.4 Å². The number of nitrogens with one attached hydrogen (secondary N) is 1. The molecule has 17 heavy (non-hydrogen) atoms. The highest BCUT2D eigenvalue weighted by atomic mass is 15.3. The van der Waals surface area contributed by atoms with E-state index in [1.165, 1.54) is 0 Å². The zero-order valence-electron chi connectivity index (χ0n) is 9.88. The second-order valence-corrected chi connectivity index (χ2v) is 4.16. The van der Waals surface area contributed by atoms with Crippen molar-refractivity contribution in [3.63, 3.8) is 0 Å². The lowest BCUT2D eigenvalue weighted by atomic mass is 10.1. The lowest BCUT2D eigenvalue weighted by molar-refractivity contribution is 0.766. The first kappa shape index (κ1) is 11.3. The largest absolute Gasteiger partial charge is 0.382 e. The number of rotatable bonds is 3. The van der Waals surface area contributed by atoms with Crippen LogP contribution in [0.15, 0.2) is 30.6 Å². The molecule has 0 aliphatic rings. The van der Waals surface area contributed by atoms with Gasteiger partial charge in [0.1, 0.15) is 11.5 Å². The Morgan fingerprint density at radius 1 is 1.35 bits per heavy atom. The molecule has 2 aromatic rings. The monoisotopic (exact) mass is 229 g/mol. The summed E-state index contributed by atoms with van der Waals surface area (Å²) in [5.74, 6) is 0.376. The Hall–Kier alpha value is -2.17. The van der Waals surface area contributed by atoms with Crippen LogP contribution in [0.1, 0.15) is 31.2 Å². The van der Waals surface area contributed by atoms with Crippen LogP contribution in [0.5, 0.6) is 0 Å². The Bertz CT molecular complexity index is 524. The van der Waals surface area contributed by atoms with Crippen LogP contribution in [0.2, 0.25) is 0 Å². The molecular weight excluding hydrogens is 214 g/mol. The summed E-state index contributed by atoms with van der Waals surface area (Å²) in [6.45, 7) is 4.20. The Morgan fingerprint density at radius 2 is 2.12 bits per heavy atom. The fraction of sp³-hybridized carbons (Fsp3) is 0.250. The molecule has 0 unspecified atom stereocenters. The summed E-state index contributed by atoms with van der Waals surface area (Å²) >= 11 is 0. The first-order chi connectivity index (χ1) is 8.08. The van der Waals surface area contributed by atoms with Crippen LogP contribution in [0.3, 0.4) is 0 Å². The van der Waals surface area contributed by atoms with Crippen molar-refractivity contribution in [2.45, 2.75) is 19.8 Å². The molecule has 0 amide bonds. The van der Waals surface area contributed by atoms with Crippen molar-refractivity contribution < 1.29 is 0 Å². The number of nitrogens with zero attached hydrogens (tertiary/aromatic N) is 3. The van der Waals surface area contributed by atoms with E-state index in [0.717, 1.165) is 11.4 Å². The fourth-order valence-electron chi connectivity index (χ4n) is 1.47. The SMILES string of the molecule is CC(C)c1ccn(-c2ccc(C(=N)N)nc2)n1. The minimum absolute atomic E-state index is 0.0279. The van der Waals surface area contributed by atoms with Gasteiger partial charge in [-0.15, -0.1) is 0 Å². The number of hydrogen-bond donors (Lipinski definition) is 2. The zero-order valence-corrected chi connectivity index (χ0v) is 9.88. The molecule has 0 fully saturated rings. The van der Waals surface area contributed by atoms with Gasteiger partial charge in [-0.1, -0.05) is 13.8 Å². The topological polar surface area (TPSA) is 80.6 Å². The molecule has 0 aromatic carbocycles. The predicted molar refractivity (Wildman–Crippen MR) is 66.5 cm³/mol. The predicted octanol–water partition coefficient (Wildman–Crippen LogP) is 1.67. The number of nitrogen functional groups attached to an aromatic ring is 1. The average molecular weight is 229 g/mol. The molecule has 0 bridgehead atoms. The first-order valence-corrected chi connectivity index (χ1v) is 5.44. The van der Waals surface area contributed by atoms with E-state index in [0.29, 0.717) is 11.6 Å². The van der Waals surface area contributed by atoms with Crippen LogP contribution in [0.25, 0.3) is 5.69 Å². The standard InChI is InChI=1S/C12H15N5/c1-8(2)10-5-6-17(16-10)9-3-4-11(12(13)14)15-7-9/h3-8H,1-2H3,(H3,13,14). The summed E-state index contributed by atoms with van der Waals surface area (Å²) in [6, 6.07) is 5.55. The van der Waals surface area contributed by atoms with Gasteiger partial charge in [-0.05, 0) is 24.1 Å². The maximum Gasteiger partial charge on any atom is 0.141 e. The van der Waals surface area contributed by atoms with Gasteiger partial charge < -0.3 is 5.73 Å². The summed E-state index contributed by atoms with van der Waals surface area (Å²) in [6.07, 6.45) is 3.56. The summed E-state index contributed by atoms with van der Waals surface area (Å²) in [7, 11) is 0. The third-order valence-corrected chi connectivity index (χ3v) is 2.49. The third kappa shape index (κ3) is 2.33. The molecule has 2 heterocycles. The molecular formula is C12H15N5. The fourth-order valence-corrected chi connectivity index (χ4v) is 1.47. The van der Waals surface area contributed by atoms with Crippen molar-refractivity contribution in [2.75, 3.05) is 0 Å². The Balaban J connectivity index is 2.30. The van der Waals surface area contributed by atoms with E-state index in [-0.39, 0.29) is 5.84 Å². The van der Waals surface area contributed by atoms with E-state index < -0.39 is 0 Å². The van der Waals surface area contributed by atoms with E-state index in [2.05, 4.69) is 23.9 Å². The third-order valence-electron chi connectivity index (χ3n) is 2.49. The molecule has 0 saturated carbocycles. The van der Waals surface area contributed by atoms with E-state index in [4.69, 9.17) is 11.1 Å². The van der Waals surface area contributed by atoms with Gasteiger partial charge in [0.2, 0.25) is 0 Å². The maximum atomic E-state index is 7.26. The van der Waals surface area contributed by atoms with Crippen molar-refractivity contribution in [3.8, 4) is 5.69 Å². The molecule has 0 aliphatic heterocycles. The number of amidine groups is 1. The number of aromatic nitrogens is 3. The molecule has 0 saturated heterocycles. The smallest absolute Gasteiger partial charge is 0.141 e. The summed E-state index contributed by atoms with van der Waals surface area (Å²) < 4.78 is 1.77. The number of pyridine rings is 1. The minimum Gasteiger partial charge on any atom is -0.382 e.